The third-order valence-electron chi connectivity index (χ3n) is 3.53. The maximum Gasteiger partial charge on any atom is 0.273 e. The van der Waals surface area contributed by atoms with Gasteiger partial charge in [0.1, 0.15) is 0 Å². The van der Waals surface area contributed by atoms with E-state index in [0.29, 0.717) is 31.9 Å². The van der Waals surface area contributed by atoms with E-state index in [2.05, 4.69) is 0 Å². The second-order valence-electron chi connectivity index (χ2n) is 5.31. The highest BCUT2D eigenvalue weighted by Crippen LogP contribution is 2.15. The number of amides is 1. The molecular formula is C14H20ClF2N3O4S. The van der Waals surface area contributed by atoms with E-state index >= 15 is 0 Å². The van der Waals surface area contributed by atoms with Crippen molar-refractivity contribution >= 4 is 28.3 Å². The van der Waals surface area contributed by atoms with Crippen LogP contribution in [0.1, 0.15) is 10.4 Å². The summed E-state index contributed by atoms with van der Waals surface area (Å²) in [6, 6.07) is 5.12. The van der Waals surface area contributed by atoms with E-state index in [0.717, 1.165) is 0 Å². The van der Waals surface area contributed by atoms with E-state index in [1.165, 1.54) is 24.3 Å². The van der Waals surface area contributed by atoms with Crippen LogP contribution >= 0.6 is 12.4 Å². The van der Waals surface area contributed by atoms with Gasteiger partial charge in [0.15, 0.2) is 0 Å². The van der Waals surface area contributed by atoms with Crippen LogP contribution in [-0.4, -0.2) is 64.5 Å². The Balaban J connectivity index is 0.00000312. The predicted octanol–water partition coefficient (Wildman–Crippen LogP) is 0.453. The van der Waals surface area contributed by atoms with Gasteiger partial charge in [-0.2, -0.15) is 0 Å². The summed E-state index contributed by atoms with van der Waals surface area (Å²) in [6.07, 6.45) is 0. The molecule has 1 aromatic carbocycles. The van der Waals surface area contributed by atoms with Crippen molar-refractivity contribution in [3.05, 3.63) is 29.8 Å². The van der Waals surface area contributed by atoms with Gasteiger partial charge in [0.25, 0.3) is 11.8 Å². The fourth-order valence-corrected chi connectivity index (χ4v) is 3.14. The number of carbonyl (C=O) groups is 1. The third kappa shape index (κ3) is 5.86. The molecule has 0 spiro atoms. The number of alkyl halides is 2. The molecule has 0 bridgehead atoms. The van der Waals surface area contributed by atoms with Gasteiger partial charge in [-0.05, 0) is 24.3 Å². The molecule has 0 saturated carbocycles. The number of halogens is 3. The monoisotopic (exact) mass is 399 g/mol. The van der Waals surface area contributed by atoms with Crippen LogP contribution in [0.15, 0.2) is 29.2 Å². The summed E-state index contributed by atoms with van der Waals surface area (Å²) in [4.78, 5) is 13.7. The number of ether oxygens (including phenoxy) is 1. The van der Waals surface area contributed by atoms with E-state index in [9.17, 15) is 22.0 Å². The maximum absolute atomic E-state index is 13.1. The number of hydrogen-bond acceptors (Lipinski definition) is 5. The van der Waals surface area contributed by atoms with Crippen molar-refractivity contribution in [2.45, 2.75) is 10.8 Å². The molecule has 0 aliphatic carbocycles. The van der Waals surface area contributed by atoms with Gasteiger partial charge in [0, 0.05) is 18.7 Å². The van der Waals surface area contributed by atoms with Gasteiger partial charge < -0.3 is 15.4 Å². The van der Waals surface area contributed by atoms with E-state index < -0.39 is 29.0 Å². The lowest BCUT2D eigenvalue weighted by Gasteiger charge is -2.26. The highest BCUT2D eigenvalue weighted by molar-refractivity contribution is 7.89. The molecule has 1 saturated heterocycles. The summed E-state index contributed by atoms with van der Waals surface area (Å²) < 4.78 is 57.1. The number of carbonyl (C=O) groups excluding carboxylic acids is 1. The first kappa shape index (κ1) is 21.7. The quantitative estimate of drug-likeness (QED) is 0.723. The lowest BCUT2D eigenvalue weighted by atomic mass is 10.2. The zero-order valence-corrected chi connectivity index (χ0v) is 14.9. The molecule has 1 aliphatic heterocycles. The van der Waals surface area contributed by atoms with Crippen molar-refractivity contribution in [3.63, 3.8) is 0 Å². The van der Waals surface area contributed by atoms with Gasteiger partial charge in [-0.15, -0.1) is 12.4 Å². The summed E-state index contributed by atoms with van der Waals surface area (Å²) in [5.74, 6) is -3.55. The van der Waals surface area contributed by atoms with E-state index in [4.69, 9.17) is 10.5 Å². The average molecular weight is 400 g/mol. The minimum Gasteiger partial charge on any atom is -0.378 e. The molecule has 1 amide bonds. The first-order chi connectivity index (χ1) is 11.2. The van der Waals surface area contributed by atoms with Crippen molar-refractivity contribution < 1.29 is 26.7 Å². The van der Waals surface area contributed by atoms with Crippen molar-refractivity contribution in [2.24, 2.45) is 5.73 Å². The standard InChI is InChI=1S/C14H19F2N3O4S.ClH/c15-14(16,9-17)10-18-24(21,22)12-3-1-11(2-4-12)13(20)19-5-7-23-8-6-19;/h1-4,18H,5-10,17H2;1H. The Morgan fingerprint density at radius 1 is 1.24 bits per heavy atom. The number of morpholine rings is 1. The molecule has 0 unspecified atom stereocenters. The number of sulfonamides is 1. The molecule has 2 rings (SSSR count). The van der Waals surface area contributed by atoms with Crippen LogP contribution in [0.5, 0.6) is 0 Å². The van der Waals surface area contributed by atoms with Gasteiger partial charge in [-0.3, -0.25) is 4.79 Å². The van der Waals surface area contributed by atoms with Crippen LogP contribution in [0, 0.1) is 0 Å². The van der Waals surface area contributed by atoms with Gasteiger partial charge >= 0.3 is 0 Å². The van der Waals surface area contributed by atoms with Crippen molar-refractivity contribution in [1.82, 2.24) is 9.62 Å². The Morgan fingerprint density at radius 3 is 2.32 bits per heavy atom. The fraction of sp³-hybridized carbons (Fsp3) is 0.500. The zero-order valence-electron chi connectivity index (χ0n) is 13.3. The van der Waals surface area contributed by atoms with Crippen LogP contribution < -0.4 is 10.5 Å². The van der Waals surface area contributed by atoms with Gasteiger partial charge in [0.05, 0.1) is 31.2 Å². The second kappa shape index (κ2) is 8.86. The van der Waals surface area contributed by atoms with E-state index in [1.807, 2.05) is 4.72 Å². The number of nitrogens with zero attached hydrogens (tertiary/aromatic N) is 1. The zero-order chi connectivity index (χ0) is 17.8. The van der Waals surface area contributed by atoms with Gasteiger partial charge in [-0.25, -0.2) is 21.9 Å². The molecule has 142 valence electrons. The first-order valence-corrected chi connectivity index (χ1v) is 8.78. The van der Waals surface area contributed by atoms with E-state index in [1.54, 1.807) is 4.90 Å². The molecule has 0 aromatic heterocycles. The van der Waals surface area contributed by atoms with Crippen LogP contribution in [0.4, 0.5) is 8.78 Å². The average Bonchev–Trinajstić information content (AvgIpc) is 2.60. The molecule has 11 heteroatoms. The molecule has 1 aromatic rings. The largest absolute Gasteiger partial charge is 0.378 e. The van der Waals surface area contributed by atoms with Gasteiger partial charge in [0.2, 0.25) is 10.0 Å². The number of rotatable bonds is 6. The normalized spacial score (nSPS) is 15.6. The Bertz CT molecular complexity index is 680. The topological polar surface area (TPSA) is 102 Å². The summed E-state index contributed by atoms with van der Waals surface area (Å²) in [5, 5.41) is 0. The summed E-state index contributed by atoms with van der Waals surface area (Å²) in [5.41, 5.74) is 5.18. The van der Waals surface area contributed by atoms with Crippen LogP contribution in [0.3, 0.4) is 0 Å². The minimum absolute atomic E-state index is 0. The van der Waals surface area contributed by atoms with Crippen molar-refractivity contribution in [1.29, 1.82) is 0 Å². The predicted molar refractivity (Wildman–Crippen MR) is 89.6 cm³/mol. The molecule has 7 nitrogen and oxygen atoms in total. The summed E-state index contributed by atoms with van der Waals surface area (Å²) in [7, 11) is -4.10. The molecule has 1 aliphatic rings. The Hall–Kier alpha value is -1.33. The van der Waals surface area contributed by atoms with Crippen LogP contribution in [0.2, 0.25) is 0 Å². The van der Waals surface area contributed by atoms with Gasteiger partial charge in [-0.1, -0.05) is 0 Å². The Labute approximate surface area is 151 Å². The van der Waals surface area contributed by atoms with Crippen LogP contribution in [0.25, 0.3) is 0 Å². The Kier molecular flexibility index (Phi) is 7.69. The molecule has 25 heavy (non-hydrogen) atoms. The molecule has 0 radical (unpaired) electrons. The van der Waals surface area contributed by atoms with Crippen molar-refractivity contribution in [2.75, 3.05) is 39.4 Å². The maximum atomic E-state index is 13.1. The molecular weight excluding hydrogens is 380 g/mol. The third-order valence-corrected chi connectivity index (χ3v) is 4.95. The SMILES string of the molecule is Cl.NCC(F)(F)CNS(=O)(=O)c1ccc(C(=O)N2CCOCC2)cc1. The summed E-state index contributed by atoms with van der Waals surface area (Å²) >= 11 is 0. The molecule has 1 fully saturated rings. The molecule has 3 N–H and O–H groups in total. The number of nitrogens with one attached hydrogen (secondary N) is 1. The number of benzene rings is 1. The van der Waals surface area contributed by atoms with Crippen LogP contribution in [-0.2, 0) is 14.8 Å². The second-order valence-corrected chi connectivity index (χ2v) is 7.08. The molecule has 1 heterocycles. The van der Waals surface area contributed by atoms with Crippen molar-refractivity contribution in [3.8, 4) is 0 Å². The molecule has 0 atom stereocenters. The van der Waals surface area contributed by atoms with E-state index in [-0.39, 0.29) is 23.2 Å². The Morgan fingerprint density at radius 2 is 1.80 bits per heavy atom. The highest BCUT2D eigenvalue weighted by atomic mass is 35.5. The first-order valence-electron chi connectivity index (χ1n) is 7.30. The lowest BCUT2D eigenvalue weighted by Crippen LogP contribution is -2.41. The smallest absolute Gasteiger partial charge is 0.273 e. The highest BCUT2D eigenvalue weighted by Gasteiger charge is 2.29. The minimum atomic E-state index is -4.10. The lowest BCUT2D eigenvalue weighted by molar-refractivity contribution is 0.0170. The number of hydrogen-bond donors (Lipinski definition) is 2. The summed E-state index contributed by atoms with van der Waals surface area (Å²) in [6.45, 7) is -0.193. The fourth-order valence-electron chi connectivity index (χ4n) is 2.08. The number of nitrogens with two attached hydrogens (primary N) is 1.